The van der Waals surface area contributed by atoms with Gasteiger partial charge >= 0.3 is 0 Å². The van der Waals surface area contributed by atoms with Crippen LogP contribution in [-0.2, 0) is 9.53 Å². The van der Waals surface area contributed by atoms with Crippen LogP contribution in [0.2, 0.25) is 0 Å². The van der Waals surface area contributed by atoms with Crippen LogP contribution in [0.1, 0.15) is 11.7 Å². The smallest absolute Gasteiger partial charge is 0.270 e. The molecular formula is C16H14N4O4. The minimum absolute atomic E-state index is 0.0780. The number of fused-ring (bicyclic) bond motifs is 1. The highest BCUT2D eigenvalue weighted by Crippen LogP contribution is 2.26. The molecule has 0 saturated carbocycles. The fourth-order valence-corrected chi connectivity index (χ4v) is 2.42. The molecule has 0 aliphatic rings. The van der Waals surface area contributed by atoms with Gasteiger partial charge in [0.25, 0.3) is 11.6 Å². The first-order valence-corrected chi connectivity index (χ1v) is 7.11. The van der Waals surface area contributed by atoms with E-state index in [0.29, 0.717) is 16.5 Å². The first kappa shape index (κ1) is 15.6. The highest BCUT2D eigenvalue weighted by molar-refractivity contribution is 6.02. The number of aromatic nitrogens is 2. The second-order valence-electron chi connectivity index (χ2n) is 5.07. The molecule has 0 bridgehead atoms. The Balaban J connectivity index is 1.90. The standard InChI is InChI=1S/C16H14N4O4/c1-24-14(10-5-3-2-4-6-10)16(21)17-15-12-9-11(20(22)23)7-8-13(12)18-19-15/h2-9,14H,1H3,(H2,17,18,19,21)/t14-/m0/s1. The normalized spacial score (nSPS) is 12.0. The Morgan fingerprint density at radius 2 is 2.04 bits per heavy atom. The summed E-state index contributed by atoms with van der Waals surface area (Å²) in [5.41, 5.74) is 1.21. The first-order valence-electron chi connectivity index (χ1n) is 7.11. The molecule has 1 amide bonds. The third-order valence-electron chi connectivity index (χ3n) is 3.58. The highest BCUT2D eigenvalue weighted by Gasteiger charge is 2.22. The summed E-state index contributed by atoms with van der Waals surface area (Å²) >= 11 is 0. The molecule has 24 heavy (non-hydrogen) atoms. The van der Waals surface area contributed by atoms with E-state index in [1.54, 1.807) is 18.2 Å². The molecule has 0 spiro atoms. The van der Waals surface area contributed by atoms with Gasteiger partial charge in [-0.1, -0.05) is 30.3 Å². The van der Waals surface area contributed by atoms with Crippen molar-refractivity contribution in [3.05, 3.63) is 64.2 Å². The molecule has 3 rings (SSSR count). The van der Waals surface area contributed by atoms with Crippen LogP contribution in [0.15, 0.2) is 48.5 Å². The Hall–Kier alpha value is -3.26. The lowest BCUT2D eigenvalue weighted by atomic mass is 10.1. The van der Waals surface area contributed by atoms with Crippen molar-refractivity contribution in [3.63, 3.8) is 0 Å². The Morgan fingerprint density at radius 3 is 2.71 bits per heavy atom. The summed E-state index contributed by atoms with van der Waals surface area (Å²) in [4.78, 5) is 22.9. The zero-order valence-electron chi connectivity index (χ0n) is 12.7. The molecular weight excluding hydrogens is 312 g/mol. The number of carbonyl (C=O) groups is 1. The van der Waals surface area contributed by atoms with E-state index in [0.717, 1.165) is 0 Å². The summed E-state index contributed by atoms with van der Waals surface area (Å²) in [6.07, 6.45) is -0.809. The number of benzene rings is 2. The minimum atomic E-state index is -0.809. The van der Waals surface area contributed by atoms with Crippen LogP contribution in [0.5, 0.6) is 0 Å². The number of hydrogen-bond acceptors (Lipinski definition) is 5. The van der Waals surface area contributed by atoms with Crippen molar-refractivity contribution < 1.29 is 14.5 Å². The molecule has 2 N–H and O–H groups in total. The maximum absolute atomic E-state index is 12.5. The van der Waals surface area contributed by atoms with Crippen LogP contribution in [-0.4, -0.2) is 28.1 Å². The zero-order chi connectivity index (χ0) is 17.1. The van der Waals surface area contributed by atoms with E-state index in [9.17, 15) is 14.9 Å². The summed E-state index contributed by atoms with van der Waals surface area (Å²) < 4.78 is 5.26. The third-order valence-corrected chi connectivity index (χ3v) is 3.58. The molecule has 122 valence electrons. The molecule has 8 heteroatoms. The minimum Gasteiger partial charge on any atom is -0.367 e. The largest absolute Gasteiger partial charge is 0.367 e. The van der Waals surface area contributed by atoms with Gasteiger partial charge in [-0.2, -0.15) is 5.10 Å². The number of H-pyrrole nitrogens is 1. The number of methoxy groups -OCH3 is 1. The summed E-state index contributed by atoms with van der Waals surface area (Å²) in [7, 11) is 1.44. The molecule has 8 nitrogen and oxygen atoms in total. The third kappa shape index (κ3) is 2.95. The monoisotopic (exact) mass is 326 g/mol. The van der Waals surface area contributed by atoms with Crippen molar-refractivity contribution in [3.8, 4) is 0 Å². The number of ether oxygens (including phenoxy) is 1. The Bertz CT molecular complexity index is 891. The quantitative estimate of drug-likeness (QED) is 0.553. The molecule has 0 unspecified atom stereocenters. The van der Waals surface area contributed by atoms with Crippen molar-refractivity contribution >= 4 is 28.3 Å². The number of anilines is 1. The predicted octanol–water partition coefficient (Wildman–Crippen LogP) is 2.80. The molecule has 2 aromatic carbocycles. The van der Waals surface area contributed by atoms with Gasteiger partial charge in [-0.05, 0) is 11.6 Å². The van der Waals surface area contributed by atoms with E-state index < -0.39 is 16.9 Å². The Labute approximate surface area is 136 Å². The van der Waals surface area contributed by atoms with E-state index >= 15 is 0 Å². The fraction of sp³-hybridized carbons (Fsp3) is 0.125. The van der Waals surface area contributed by atoms with Crippen molar-refractivity contribution in [2.24, 2.45) is 0 Å². The van der Waals surface area contributed by atoms with Crippen LogP contribution in [0.25, 0.3) is 10.9 Å². The topological polar surface area (TPSA) is 110 Å². The van der Waals surface area contributed by atoms with E-state index in [2.05, 4.69) is 15.5 Å². The molecule has 1 heterocycles. The summed E-state index contributed by atoms with van der Waals surface area (Å²) in [6, 6.07) is 13.3. The maximum atomic E-state index is 12.5. The van der Waals surface area contributed by atoms with Crippen molar-refractivity contribution in [1.82, 2.24) is 10.2 Å². The van der Waals surface area contributed by atoms with Gasteiger partial charge in [-0.3, -0.25) is 20.0 Å². The van der Waals surface area contributed by atoms with Crippen molar-refractivity contribution in [1.29, 1.82) is 0 Å². The van der Waals surface area contributed by atoms with Crippen molar-refractivity contribution in [2.75, 3.05) is 12.4 Å². The molecule has 0 fully saturated rings. The number of amides is 1. The number of rotatable bonds is 5. The van der Waals surface area contributed by atoms with E-state index in [1.807, 2.05) is 18.2 Å². The SMILES string of the molecule is CO[C@H](C(=O)Nc1n[nH]c2ccc([N+](=O)[O-])cc12)c1ccccc1. The second-order valence-corrected chi connectivity index (χ2v) is 5.07. The lowest BCUT2D eigenvalue weighted by Crippen LogP contribution is -2.22. The van der Waals surface area contributed by atoms with Gasteiger partial charge in [-0.25, -0.2) is 0 Å². The number of non-ortho nitro benzene ring substituents is 1. The number of nitro groups is 1. The fourth-order valence-electron chi connectivity index (χ4n) is 2.42. The van der Waals surface area contributed by atoms with Crippen molar-refractivity contribution in [2.45, 2.75) is 6.10 Å². The van der Waals surface area contributed by atoms with Gasteiger partial charge in [0.05, 0.1) is 15.8 Å². The number of aromatic amines is 1. The average Bonchev–Trinajstić information content (AvgIpc) is 2.98. The molecule has 0 saturated heterocycles. The van der Waals surface area contributed by atoms with Gasteiger partial charge in [0.2, 0.25) is 0 Å². The molecule has 0 aliphatic heterocycles. The zero-order valence-corrected chi connectivity index (χ0v) is 12.7. The number of nitrogens with one attached hydrogen (secondary N) is 2. The lowest BCUT2D eigenvalue weighted by molar-refractivity contribution is -0.384. The van der Waals surface area contributed by atoms with E-state index in [1.165, 1.54) is 19.2 Å². The van der Waals surface area contributed by atoms with Gasteiger partial charge in [0, 0.05) is 19.2 Å². The second kappa shape index (κ2) is 6.47. The molecule has 0 radical (unpaired) electrons. The highest BCUT2D eigenvalue weighted by atomic mass is 16.6. The summed E-state index contributed by atoms with van der Waals surface area (Å²) in [6.45, 7) is 0. The molecule has 1 atom stereocenters. The maximum Gasteiger partial charge on any atom is 0.270 e. The van der Waals surface area contributed by atoms with Gasteiger partial charge in [0.1, 0.15) is 0 Å². The van der Waals surface area contributed by atoms with Crippen LogP contribution in [0.3, 0.4) is 0 Å². The van der Waals surface area contributed by atoms with Crippen LogP contribution < -0.4 is 5.32 Å². The van der Waals surface area contributed by atoms with Crippen LogP contribution in [0.4, 0.5) is 11.5 Å². The molecule has 0 aliphatic carbocycles. The van der Waals surface area contributed by atoms with E-state index in [4.69, 9.17) is 4.74 Å². The Morgan fingerprint density at radius 1 is 1.29 bits per heavy atom. The molecule has 3 aromatic rings. The van der Waals surface area contributed by atoms with Gasteiger partial charge in [0.15, 0.2) is 11.9 Å². The summed E-state index contributed by atoms with van der Waals surface area (Å²) in [5, 5.41) is 20.8. The first-order chi connectivity index (χ1) is 11.6. The predicted molar refractivity (Wildman–Crippen MR) is 87.6 cm³/mol. The summed E-state index contributed by atoms with van der Waals surface area (Å²) in [5.74, 6) is -0.194. The van der Waals surface area contributed by atoms with Gasteiger partial charge < -0.3 is 10.1 Å². The molecule has 1 aromatic heterocycles. The number of carbonyl (C=O) groups excluding carboxylic acids is 1. The number of nitro benzene ring substituents is 1. The van der Waals surface area contributed by atoms with Crippen LogP contribution in [0, 0.1) is 10.1 Å². The van der Waals surface area contributed by atoms with Gasteiger partial charge in [-0.15, -0.1) is 0 Å². The lowest BCUT2D eigenvalue weighted by Gasteiger charge is -2.14. The number of nitrogens with zero attached hydrogens (tertiary/aromatic N) is 2. The average molecular weight is 326 g/mol. The Kier molecular flexibility index (Phi) is 4.21. The number of hydrogen-bond donors (Lipinski definition) is 2. The van der Waals surface area contributed by atoms with E-state index in [-0.39, 0.29) is 11.5 Å². The van der Waals surface area contributed by atoms with Crippen LogP contribution >= 0.6 is 0 Å².